The van der Waals surface area contributed by atoms with Crippen molar-refractivity contribution >= 4 is 11.6 Å². The third-order valence-electron chi connectivity index (χ3n) is 4.08. The molecule has 2 rings (SSSR count). The van der Waals surface area contributed by atoms with Crippen molar-refractivity contribution in [1.29, 1.82) is 0 Å². The minimum absolute atomic E-state index is 0.0196. The Bertz CT molecular complexity index is 711. The van der Waals surface area contributed by atoms with Gasteiger partial charge in [-0.15, -0.1) is 0 Å². The van der Waals surface area contributed by atoms with Gasteiger partial charge in [0.1, 0.15) is 5.75 Å². The molecule has 0 aromatic heterocycles. The van der Waals surface area contributed by atoms with Gasteiger partial charge in [-0.25, -0.2) is 0 Å². The van der Waals surface area contributed by atoms with E-state index in [0.717, 1.165) is 16.9 Å². The number of carbonyl (C=O) groups excluding carboxylic acids is 1. The number of nitro groups is 1. The average Bonchev–Trinajstić information content (AvgIpc) is 2.61. The third-order valence-corrected chi connectivity index (χ3v) is 4.08. The van der Waals surface area contributed by atoms with E-state index >= 15 is 0 Å². The highest BCUT2D eigenvalue weighted by Gasteiger charge is 2.18. The van der Waals surface area contributed by atoms with Gasteiger partial charge in [0.25, 0.3) is 5.69 Å². The summed E-state index contributed by atoms with van der Waals surface area (Å²) in [5, 5.41) is 10.7. The number of hydrogen-bond acceptors (Lipinski definition) is 4. The van der Waals surface area contributed by atoms with E-state index in [9.17, 15) is 14.9 Å². The number of methoxy groups -OCH3 is 1. The molecule has 126 valence electrons. The molecule has 0 spiro atoms. The lowest BCUT2D eigenvalue weighted by molar-refractivity contribution is -0.384. The van der Waals surface area contributed by atoms with Crippen LogP contribution in [0.4, 0.5) is 5.69 Å². The summed E-state index contributed by atoms with van der Waals surface area (Å²) in [7, 11) is 3.36. The number of likely N-dealkylation sites (N-methyl/N-ethyl adjacent to an activating group) is 1. The van der Waals surface area contributed by atoms with E-state index in [0.29, 0.717) is 0 Å². The third kappa shape index (κ3) is 4.10. The molecule has 24 heavy (non-hydrogen) atoms. The molecule has 0 fully saturated rings. The second-order valence-electron chi connectivity index (χ2n) is 5.55. The number of non-ortho nitro benzene ring substituents is 1. The number of amides is 1. The van der Waals surface area contributed by atoms with Crippen LogP contribution < -0.4 is 4.74 Å². The molecule has 0 radical (unpaired) electrons. The van der Waals surface area contributed by atoms with Gasteiger partial charge in [0.2, 0.25) is 5.91 Å². The van der Waals surface area contributed by atoms with Crippen LogP contribution in [0.1, 0.15) is 24.1 Å². The first-order chi connectivity index (χ1) is 11.4. The molecule has 0 saturated heterocycles. The molecule has 0 heterocycles. The summed E-state index contributed by atoms with van der Waals surface area (Å²) in [5.41, 5.74) is 1.78. The molecule has 2 aromatic carbocycles. The van der Waals surface area contributed by atoms with Crippen molar-refractivity contribution in [3.05, 3.63) is 69.8 Å². The maximum Gasteiger partial charge on any atom is 0.269 e. The van der Waals surface area contributed by atoms with Crippen molar-refractivity contribution in [2.75, 3.05) is 14.2 Å². The van der Waals surface area contributed by atoms with Gasteiger partial charge in [0.15, 0.2) is 0 Å². The Hall–Kier alpha value is -2.89. The maximum atomic E-state index is 12.4. The van der Waals surface area contributed by atoms with Gasteiger partial charge in [0.05, 0.1) is 24.5 Å². The number of nitrogens with zero attached hydrogens (tertiary/aromatic N) is 2. The summed E-state index contributed by atoms with van der Waals surface area (Å²) in [6, 6.07) is 13.6. The molecule has 6 heteroatoms. The number of carbonyl (C=O) groups is 1. The topological polar surface area (TPSA) is 72.7 Å². The van der Waals surface area contributed by atoms with Gasteiger partial charge < -0.3 is 9.64 Å². The van der Waals surface area contributed by atoms with Crippen LogP contribution in [0.15, 0.2) is 48.5 Å². The molecular formula is C18H20N2O4. The monoisotopic (exact) mass is 328 g/mol. The van der Waals surface area contributed by atoms with Crippen molar-refractivity contribution in [2.24, 2.45) is 0 Å². The quantitative estimate of drug-likeness (QED) is 0.602. The van der Waals surface area contributed by atoms with E-state index in [1.165, 1.54) is 12.1 Å². The molecule has 1 amide bonds. The Kier molecular flexibility index (Phi) is 5.52. The summed E-state index contributed by atoms with van der Waals surface area (Å²) in [5.74, 6) is 0.720. The second kappa shape index (κ2) is 7.59. The number of ether oxygens (including phenoxy) is 1. The normalized spacial score (nSPS) is 11.6. The van der Waals surface area contributed by atoms with Gasteiger partial charge in [-0.3, -0.25) is 14.9 Å². The smallest absolute Gasteiger partial charge is 0.269 e. The highest BCUT2D eigenvalue weighted by atomic mass is 16.6. The summed E-state index contributed by atoms with van der Waals surface area (Å²) >= 11 is 0. The Morgan fingerprint density at radius 2 is 1.75 bits per heavy atom. The number of rotatable bonds is 6. The van der Waals surface area contributed by atoms with Crippen LogP contribution in [0.25, 0.3) is 0 Å². The second-order valence-corrected chi connectivity index (χ2v) is 5.55. The van der Waals surface area contributed by atoms with Crippen LogP contribution in [-0.4, -0.2) is 29.9 Å². The first-order valence-electron chi connectivity index (χ1n) is 7.55. The predicted molar refractivity (Wildman–Crippen MR) is 91.0 cm³/mol. The molecule has 0 saturated carbocycles. The first kappa shape index (κ1) is 17.5. The lowest BCUT2D eigenvalue weighted by Crippen LogP contribution is -2.30. The highest BCUT2D eigenvalue weighted by molar-refractivity contribution is 5.79. The van der Waals surface area contributed by atoms with Crippen molar-refractivity contribution in [3.63, 3.8) is 0 Å². The summed E-state index contributed by atoms with van der Waals surface area (Å²) in [4.78, 5) is 24.3. The molecule has 1 atom stereocenters. The summed E-state index contributed by atoms with van der Waals surface area (Å²) < 4.78 is 5.13. The molecule has 0 aliphatic carbocycles. The van der Waals surface area contributed by atoms with Crippen LogP contribution in [0, 0.1) is 10.1 Å². The lowest BCUT2D eigenvalue weighted by atomic mass is 10.1. The number of benzene rings is 2. The van der Waals surface area contributed by atoms with Crippen LogP contribution in [0.5, 0.6) is 5.75 Å². The van der Waals surface area contributed by atoms with E-state index in [1.54, 1.807) is 31.2 Å². The van der Waals surface area contributed by atoms with E-state index in [1.807, 2.05) is 31.2 Å². The van der Waals surface area contributed by atoms with Gasteiger partial charge >= 0.3 is 0 Å². The van der Waals surface area contributed by atoms with Crippen molar-refractivity contribution in [2.45, 2.75) is 19.4 Å². The van der Waals surface area contributed by atoms with Crippen molar-refractivity contribution in [3.8, 4) is 5.75 Å². The highest BCUT2D eigenvalue weighted by Crippen LogP contribution is 2.22. The molecule has 2 aromatic rings. The average molecular weight is 328 g/mol. The molecule has 0 aliphatic heterocycles. The minimum atomic E-state index is -0.455. The molecule has 0 aliphatic rings. The fourth-order valence-electron chi connectivity index (χ4n) is 2.36. The first-order valence-corrected chi connectivity index (χ1v) is 7.55. The van der Waals surface area contributed by atoms with Crippen LogP contribution in [0.3, 0.4) is 0 Å². The Morgan fingerprint density at radius 3 is 2.25 bits per heavy atom. The Balaban J connectivity index is 2.03. The standard InChI is InChI=1S/C18H20N2O4/c1-13(15-6-10-17(24-3)11-7-15)19(2)18(21)12-14-4-8-16(9-5-14)20(22)23/h4-11,13H,12H2,1-3H3. The molecule has 6 nitrogen and oxygen atoms in total. The van der Waals surface area contributed by atoms with Gasteiger partial charge in [-0.05, 0) is 30.2 Å². The van der Waals surface area contributed by atoms with Crippen LogP contribution in [0.2, 0.25) is 0 Å². The van der Waals surface area contributed by atoms with Crippen LogP contribution in [-0.2, 0) is 11.2 Å². The largest absolute Gasteiger partial charge is 0.497 e. The minimum Gasteiger partial charge on any atom is -0.497 e. The van der Waals surface area contributed by atoms with E-state index in [-0.39, 0.29) is 24.1 Å². The van der Waals surface area contributed by atoms with Gasteiger partial charge in [-0.1, -0.05) is 24.3 Å². The molecule has 1 unspecified atom stereocenters. The van der Waals surface area contributed by atoms with Crippen molar-refractivity contribution < 1.29 is 14.5 Å². The summed E-state index contributed by atoms with van der Waals surface area (Å²) in [6.45, 7) is 1.95. The summed E-state index contributed by atoms with van der Waals surface area (Å²) in [6.07, 6.45) is 0.203. The predicted octanol–water partition coefficient (Wildman–Crippen LogP) is 3.37. The van der Waals surface area contributed by atoms with E-state index in [2.05, 4.69) is 0 Å². The zero-order valence-corrected chi connectivity index (χ0v) is 13.9. The number of nitro benzene ring substituents is 1. The van der Waals surface area contributed by atoms with Gasteiger partial charge in [-0.2, -0.15) is 0 Å². The SMILES string of the molecule is COc1ccc(C(C)N(C)C(=O)Cc2ccc([N+](=O)[O-])cc2)cc1. The Labute approximate surface area is 140 Å². The fourth-order valence-corrected chi connectivity index (χ4v) is 2.36. The fraction of sp³-hybridized carbons (Fsp3) is 0.278. The number of hydrogen-bond donors (Lipinski definition) is 0. The molecule has 0 N–H and O–H groups in total. The zero-order valence-electron chi connectivity index (χ0n) is 13.9. The molecular weight excluding hydrogens is 308 g/mol. The lowest BCUT2D eigenvalue weighted by Gasteiger charge is -2.25. The molecule has 0 bridgehead atoms. The van der Waals surface area contributed by atoms with Gasteiger partial charge in [0, 0.05) is 19.2 Å². The van der Waals surface area contributed by atoms with E-state index < -0.39 is 4.92 Å². The van der Waals surface area contributed by atoms with E-state index in [4.69, 9.17) is 4.74 Å². The zero-order chi connectivity index (χ0) is 17.7. The maximum absolute atomic E-state index is 12.4. The van der Waals surface area contributed by atoms with Crippen molar-refractivity contribution in [1.82, 2.24) is 4.90 Å². The Morgan fingerprint density at radius 1 is 1.17 bits per heavy atom. The van der Waals surface area contributed by atoms with Crippen LogP contribution >= 0.6 is 0 Å².